The second-order valence-electron chi connectivity index (χ2n) is 5.00. The number of aromatic nitrogens is 2. The Hall–Kier alpha value is -2.01. The summed E-state index contributed by atoms with van der Waals surface area (Å²) >= 11 is 0. The van der Waals surface area contributed by atoms with Crippen LogP contribution in [0.3, 0.4) is 0 Å². The fraction of sp³-hybridized carbons (Fsp3) is 0.400. The van der Waals surface area contributed by atoms with Gasteiger partial charge < -0.3 is 19.8 Å². The maximum atomic E-state index is 5.86. The Kier molecular flexibility index (Phi) is 3.60. The minimum absolute atomic E-state index is 0.491. The lowest BCUT2D eigenvalue weighted by Crippen LogP contribution is -2.05. The van der Waals surface area contributed by atoms with Crippen molar-refractivity contribution in [3.05, 3.63) is 42.0 Å². The Morgan fingerprint density at radius 1 is 1.35 bits per heavy atom. The first-order chi connectivity index (χ1) is 9.81. The Morgan fingerprint density at radius 2 is 2.20 bits per heavy atom. The summed E-state index contributed by atoms with van der Waals surface area (Å²) < 4.78 is 13.4. The molecule has 1 aliphatic carbocycles. The van der Waals surface area contributed by atoms with Gasteiger partial charge in [-0.2, -0.15) is 0 Å². The SMILES string of the molecule is COc1cc(CN)ccc1OCc1cncn1C1CC1. The van der Waals surface area contributed by atoms with Crippen LogP contribution in [0.15, 0.2) is 30.7 Å². The van der Waals surface area contributed by atoms with Gasteiger partial charge in [-0.25, -0.2) is 4.98 Å². The quantitative estimate of drug-likeness (QED) is 0.877. The lowest BCUT2D eigenvalue weighted by molar-refractivity contribution is 0.275. The molecule has 1 aromatic heterocycles. The van der Waals surface area contributed by atoms with E-state index in [1.165, 1.54) is 12.8 Å². The minimum Gasteiger partial charge on any atom is -0.493 e. The molecule has 0 bridgehead atoms. The average Bonchev–Trinajstić information content (AvgIpc) is 3.23. The Labute approximate surface area is 118 Å². The van der Waals surface area contributed by atoms with Crippen molar-refractivity contribution < 1.29 is 9.47 Å². The summed E-state index contributed by atoms with van der Waals surface area (Å²) in [5.41, 5.74) is 7.75. The molecular weight excluding hydrogens is 254 g/mol. The van der Waals surface area contributed by atoms with Crippen molar-refractivity contribution in [3.8, 4) is 11.5 Å². The molecule has 0 aliphatic heterocycles. The van der Waals surface area contributed by atoms with Gasteiger partial charge in [0.05, 0.1) is 25.3 Å². The molecule has 0 radical (unpaired) electrons. The monoisotopic (exact) mass is 273 g/mol. The molecule has 1 heterocycles. The van der Waals surface area contributed by atoms with Crippen LogP contribution >= 0.6 is 0 Å². The second kappa shape index (κ2) is 5.54. The maximum Gasteiger partial charge on any atom is 0.161 e. The molecule has 106 valence electrons. The average molecular weight is 273 g/mol. The number of nitrogens with zero attached hydrogens (tertiary/aromatic N) is 2. The number of methoxy groups -OCH3 is 1. The molecule has 20 heavy (non-hydrogen) atoms. The zero-order valence-corrected chi connectivity index (χ0v) is 11.6. The highest BCUT2D eigenvalue weighted by Crippen LogP contribution is 2.36. The first kappa shape index (κ1) is 13.0. The van der Waals surface area contributed by atoms with Crippen LogP contribution in [0, 0.1) is 0 Å². The fourth-order valence-corrected chi connectivity index (χ4v) is 2.24. The van der Waals surface area contributed by atoms with Crippen molar-refractivity contribution in [1.82, 2.24) is 9.55 Å². The number of nitrogens with two attached hydrogens (primary N) is 1. The van der Waals surface area contributed by atoms with Crippen LogP contribution in [0.1, 0.15) is 30.1 Å². The summed E-state index contributed by atoms with van der Waals surface area (Å²) in [6, 6.07) is 6.38. The van der Waals surface area contributed by atoms with Crippen molar-refractivity contribution in [2.24, 2.45) is 5.73 Å². The first-order valence-electron chi connectivity index (χ1n) is 6.82. The molecule has 0 unspecified atom stereocenters. The molecule has 3 rings (SSSR count). The van der Waals surface area contributed by atoms with Gasteiger partial charge in [-0.3, -0.25) is 0 Å². The van der Waals surface area contributed by atoms with E-state index in [4.69, 9.17) is 15.2 Å². The van der Waals surface area contributed by atoms with Crippen molar-refractivity contribution in [3.63, 3.8) is 0 Å². The summed E-state index contributed by atoms with van der Waals surface area (Å²) in [4.78, 5) is 4.20. The van der Waals surface area contributed by atoms with Gasteiger partial charge in [-0.1, -0.05) is 6.07 Å². The van der Waals surface area contributed by atoms with Crippen molar-refractivity contribution in [2.75, 3.05) is 7.11 Å². The van der Waals surface area contributed by atoms with E-state index < -0.39 is 0 Å². The molecule has 1 aliphatic rings. The standard InChI is InChI=1S/C15H19N3O2/c1-19-15-6-11(7-16)2-5-14(15)20-9-13-8-17-10-18(13)12-3-4-12/h2,5-6,8,10,12H,3-4,7,9,16H2,1H3. The third-order valence-electron chi connectivity index (χ3n) is 3.53. The van der Waals surface area contributed by atoms with E-state index >= 15 is 0 Å². The summed E-state index contributed by atoms with van der Waals surface area (Å²) in [6.07, 6.45) is 6.21. The van der Waals surface area contributed by atoms with Gasteiger partial charge in [-0.05, 0) is 30.5 Å². The zero-order chi connectivity index (χ0) is 13.9. The molecule has 0 amide bonds. The highest BCUT2D eigenvalue weighted by molar-refractivity contribution is 5.43. The van der Waals surface area contributed by atoms with Crippen LogP contribution < -0.4 is 15.2 Å². The van der Waals surface area contributed by atoms with Crippen LogP contribution in [-0.2, 0) is 13.2 Å². The van der Waals surface area contributed by atoms with E-state index in [0.717, 1.165) is 17.0 Å². The molecule has 0 saturated heterocycles. The maximum absolute atomic E-state index is 5.86. The van der Waals surface area contributed by atoms with Crippen molar-refractivity contribution in [2.45, 2.75) is 32.0 Å². The van der Waals surface area contributed by atoms with Crippen LogP contribution in [0.4, 0.5) is 0 Å². The number of imidazole rings is 1. The zero-order valence-electron chi connectivity index (χ0n) is 11.6. The molecule has 1 fully saturated rings. The van der Waals surface area contributed by atoms with Gasteiger partial charge in [0.25, 0.3) is 0 Å². The van der Waals surface area contributed by atoms with E-state index in [9.17, 15) is 0 Å². The lowest BCUT2D eigenvalue weighted by Gasteiger charge is -2.12. The molecule has 5 heteroatoms. The molecule has 1 saturated carbocycles. The second-order valence-corrected chi connectivity index (χ2v) is 5.00. The van der Waals surface area contributed by atoms with Crippen LogP contribution in [0.25, 0.3) is 0 Å². The molecule has 2 N–H and O–H groups in total. The minimum atomic E-state index is 0.491. The third kappa shape index (κ3) is 2.63. The van der Waals surface area contributed by atoms with Gasteiger partial charge in [0.1, 0.15) is 6.61 Å². The lowest BCUT2D eigenvalue weighted by atomic mass is 10.2. The van der Waals surface area contributed by atoms with E-state index in [-0.39, 0.29) is 0 Å². The van der Waals surface area contributed by atoms with Gasteiger partial charge in [0.2, 0.25) is 0 Å². The summed E-state index contributed by atoms with van der Waals surface area (Å²) in [5.74, 6) is 1.44. The van der Waals surface area contributed by atoms with Gasteiger partial charge >= 0.3 is 0 Å². The largest absolute Gasteiger partial charge is 0.493 e. The summed E-state index contributed by atoms with van der Waals surface area (Å²) in [5, 5.41) is 0. The Bertz CT molecular complexity index is 591. The van der Waals surface area contributed by atoms with Gasteiger partial charge in [0, 0.05) is 12.6 Å². The molecule has 5 nitrogen and oxygen atoms in total. The fourth-order valence-electron chi connectivity index (χ4n) is 2.24. The van der Waals surface area contributed by atoms with Gasteiger partial charge in [0.15, 0.2) is 11.5 Å². The van der Waals surface area contributed by atoms with Crippen LogP contribution in [0.2, 0.25) is 0 Å². The predicted molar refractivity (Wildman–Crippen MR) is 75.7 cm³/mol. The van der Waals surface area contributed by atoms with E-state index in [1.54, 1.807) is 7.11 Å². The summed E-state index contributed by atoms with van der Waals surface area (Å²) in [6.45, 7) is 0.986. The number of hydrogen-bond acceptors (Lipinski definition) is 4. The van der Waals surface area contributed by atoms with E-state index in [1.807, 2.05) is 30.7 Å². The molecule has 1 aromatic carbocycles. The van der Waals surface area contributed by atoms with Crippen LogP contribution in [-0.4, -0.2) is 16.7 Å². The number of rotatable bonds is 6. The number of hydrogen-bond donors (Lipinski definition) is 1. The van der Waals surface area contributed by atoms with E-state index in [0.29, 0.717) is 24.9 Å². The van der Waals surface area contributed by atoms with Crippen molar-refractivity contribution in [1.29, 1.82) is 0 Å². The Balaban J connectivity index is 1.72. The summed E-state index contributed by atoms with van der Waals surface area (Å²) in [7, 11) is 1.64. The molecular formula is C15H19N3O2. The Morgan fingerprint density at radius 3 is 2.90 bits per heavy atom. The molecule has 2 aromatic rings. The predicted octanol–water partition coefficient (Wildman–Crippen LogP) is 2.26. The highest BCUT2D eigenvalue weighted by atomic mass is 16.5. The first-order valence-corrected chi connectivity index (χ1v) is 6.82. The van der Waals surface area contributed by atoms with E-state index in [2.05, 4.69) is 9.55 Å². The van der Waals surface area contributed by atoms with Gasteiger partial charge in [-0.15, -0.1) is 0 Å². The normalized spacial score (nSPS) is 14.3. The number of benzene rings is 1. The highest BCUT2D eigenvalue weighted by Gasteiger charge is 2.25. The third-order valence-corrected chi connectivity index (χ3v) is 3.53. The van der Waals surface area contributed by atoms with Crippen molar-refractivity contribution >= 4 is 0 Å². The van der Waals surface area contributed by atoms with Crippen LogP contribution in [0.5, 0.6) is 11.5 Å². The molecule has 0 spiro atoms. The smallest absolute Gasteiger partial charge is 0.161 e. The number of ether oxygens (including phenoxy) is 2. The topological polar surface area (TPSA) is 62.3 Å². The molecule has 0 atom stereocenters.